The van der Waals surface area contributed by atoms with Gasteiger partial charge in [-0.2, -0.15) is 0 Å². The summed E-state index contributed by atoms with van der Waals surface area (Å²) >= 11 is 0. The van der Waals surface area contributed by atoms with Crippen molar-refractivity contribution in [1.82, 2.24) is 4.90 Å². The molecular weight excluding hydrogens is 498 g/mol. The molecule has 1 unspecified atom stereocenters. The van der Waals surface area contributed by atoms with E-state index in [4.69, 9.17) is 18.9 Å². The van der Waals surface area contributed by atoms with Crippen molar-refractivity contribution in [3.63, 3.8) is 0 Å². The van der Waals surface area contributed by atoms with E-state index in [2.05, 4.69) is 19.2 Å². The maximum atomic E-state index is 14.0. The molecule has 9 nitrogen and oxygen atoms in total. The fraction of sp³-hybridized carbons (Fsp3) is 0.467. The summed E-state index contributed by atoms with van der Waals surface area (Å²) in [4.78, 5) is 31.5. The van der Waals surface area contributed by atoms with Gasteiger partial charge in [0.25, 0.3) is 0 Å². The molecule has 1 atom stereocenters. The van der Waals surface area contributed by atoms with Crippen LogP contribution in [-0.2, 0) is 14.3 Å². The number of nitrogens with zero attached hydrogens (tertiary/aromatic N) is 2. The molecule has 1 N–H and O–H groups in total. The van der Waals surface area contributed by atoms with Gasteiger partial charge < -0.3 is 34.1 Å². The SMILES string of the molecule is COc1cc(C2C3=C(CC(C)(C)CC3=O)Nc3ccccc3N2CC(=O)N2CCOCC2)cc(OC)c1OC. The monoisotopic (exact) mass is 535 g/mol. The van der Waals surface area contributed by atoms with E-state index in [1.165, 1.54) is 0 Å². The van der Waals surface area contributed by atoms with Gasteiger partial charge in [-0.15, -0.1) is 0 Å². The predicted molar refractivity (Wildman–Crippen MR) is 149 cm³/mol. The Morgan fingerprint density at radius 1 is 1.03 bits per heavy atom. The fourth-order valence-corrected chi connectivity index (χ4v) is 5.89. The number of anilines is 2. The Balaban J connectivity index is 1.73. The number of carbonyl (C=O) groups is 2. The van der Waals surface area contributed by atoms with E-state index < -0.39 is 6.04 Å². The predicted octanol–water partition coefficient (Wildman–Crippen LogP) is 4.19. The van der Waals surface area contributed by atoms with E-state index in [-0.39, 0.29) is 23.7 Å². The molecule has 9 heteroatoms. The molecule has 39 heavy (non-hydrogen) atoms. The van der Waals surface area contributed by atoms with Crippen molar-refractivity contribution in [3.8, 4) is 17.2 Å². The van der Waals surface area contributed by atoms with Crippen LogP contribution in [0.15, 0.2) is 47.7 Å². The van der Waals surface area contributed by atoms with Crippen LogP contribution in [-0.4, -0.2) is 70.8 Å². The number of hydrogen-bond acceptors (Lipinski definition) is 8. The highest BCUT2D eigenvalue weighted by Crippen LogP contribution is 2.50. The first-order chi connectivity index (χ1) is 18.8. The van der Waals surface area contributed by atoms with Gasteiger partial charge in [-0.3, -0.25) is 9.59 Å². The zero-order chi connectivity index (χ0) is 27.7. The van der Waals surface area contributed by atoms with Gasteiger partial charge in [0.1, 0.15) is 0 Å². The number of ketones is 1. The average molecular weight is 536 g/mol. The number of Topliss-reactive ketones (excluding diaryl/α,β-unsaturated/α-hetero) is 1. The Morgan fingerprint density at radius 2 is 1.69 bits per heavy atom. The second-order valence-electron chi connectivity index (χ2n) is 11.0. The van der Waals surface area contributed by atoms with Crippen LogP contribution < -0.4 is 24.4 Å². The Labute approximate surface area is 229 Å². The van der Waals surface area contributed by atoms with Crippen LogP contribution in [0.3, 0.4) is 0 Å². The average Bonchev–Trinajstić information content (AvgIpc) is 3.06. The van der Waals surface area contributed by atoms with E-state index in [9.17, 15) is 9.59 Å². The van der Waals surface area contributed by atoms with Gasteiger partial charge in [-0.1, -0.05) is 26.0 Å². The zero-order valence-electron chi connectivity index (χ0n) is 23.3. The summed E-state index contributed by atoms with van der Waals surface area (Å²) in [5.74, 6) is 1.49. The van der Waals surface area contributed by atoms with Crippen LogP contribution in [0.5, 0.6) is 17.2 Å². The lowest BCUT2D eigenvalue weighted by atomic mass is 9.73. The minimum atomic E-state index is -0.557. The van der Waals surface area contributed by atoms with E-state index in [0.29, 0.717) is 62.0 Å². The smallest absolute Gasteiger partial charge is 0.242 e. The molecule has 1 amide bonds. The van der Waals surface area contributed by atoms with Gasteiger partial charge in [0.05, 0.1) is 58.5 Å². The molecule has 2 aromatic carbocycles. The number of methoxy groups -OCH3 is 3. The van der Waals surface area contributed by atoms with Crippen LogP contribution in [0, 0.1) is 5.41 Å². The number of morpholine rings is 1. The number of fused-ring (bicyclic) bond motifs is 1. The lowest BCUT2D eigenvalue weighted by Gasteiger charge is -2.39. The molecule has 0 aromatic heterocycles. The molecule has 0 spiro atoms. The fourth-order valence-electron chi connectivity index (χ4n) is 5.89. The molecule has 2 heterocycles. The van der Waals surface area contributed by atoms with Gasteiger partial charge in [0.2, 0.25) is 11.7 Å². The maximum Gasteiger partial charge on any atom is 0.242 e. The Hall–Kier alpha value is -3.72. The van der Waals surface area contributed by atoms with Crippen molar-refractivity contribution < 1.29 is 28.5 Å². The third kappa shape index (κ3) is 5.15. The molecule has 1 aliphatic carbocycles. The Bertz CT molecular complexity index is 1270. The van der Waals surface area contributed by atoms with E-state index in [0.717, 1.165) is 22.6 Å². The largest absolute Gasteiger partial charge is 0.493 e. The lowest BCUT2D eigenvalue weighted by molar-refractivity contribution is -0.133. The number of nitrogens with one attached hydrogen (secondary N) is 1. The van der Waals surface area contributed by atoms with Crippen LogP contribution in [0.1, 0.15) is 38.3 Å². The highest BCUT2D eigenvalue weighted by molar-refractivity contribution is 6.02. The topological polar surface area (TPSA) is 89.6 Å². The quantitative estimate of drug-likeness (QED) is 0.589. The summed E-state index contributed by atoms with van der Waals surface area (Å²) in [5, 5.41) is 3.59. The van der Waals surface area contributed by atoms with Gasteiger partial charge in [0, 0.05) is 30.8 Å². The number of carbonyl (C=O) groups excluding carboxylic acids is 2. The second kappa shape index (κ2) is 10.8. The first kappa shape index (κ1) is 26.9. The third-order valence-corrected chi connectivity index (χ3v) is 7.68. The first-order valence-electron chi connectivity index (χ1n) is 13.3. The van der Waals surface area contributed by atoms with Crippen LogP contribution in [0.25, 0.3) is 0 Å². The highest BCUT2D eigenvalue weighted by Gasteiger charge is 2.42. The van der Waals surface area contributed by atoms with E-state index in [1.54, 1.807) is 21.3 Å². The molecule has 2 aromatic rings. The molecule has 2 aliphatic heterocycles. The van der Waals surface area contributed by atoms with Crippen molar-refractivity contribution in [2.75, 3.05) is 64.4 Å². The third-order valence-electron chi connectivity index (χ3n) is 7.68. The van der Waals surface area contributed by atoms with Gasteiger partial charge in [-0.05, 0) is 41.7 Å². The minimum absolute atomic E-state index is 0.0156. The maximum absolute atomic E-state index is 14.0. The van der Waals surface area contributed by atoms with E-state index in [1.807, 2.05) is 46.2 Å². The van der Waals surface area contributed by atoms with Crippen LogP contribution in [0.2, 0.25) is 0 Å². The molecule has 1 fully saturated rings. The highest BCUT2D eigenvalue weighted by atomic mass is 16.5. The van der Waals surface area contributed by atoms with Crippen molar-refractivity contribution in [1.29, 1.82) is 0 Å². The molecule has 5 rings (SSSR count). The van der Waals surface area contributed by atoms with Crippen molar-refractivity contribution in [2.24, 2.45) is 5.41 Å². The molecule has 0 radical (unpaired) electrons. The normalized spacial score (nSPS) is 20.4. The number of rotatable bonds is 6. The Morgan fingerprint density at radius 3 is 2.33 bits per heavy atom. The minimum Gasteiger partial charge on any atom is -0.493 e. The molecule has 208 valence electrons. The lowest BCUT2D eigenvalue weighted by Crippen LogP contribution is -2.47. The van der Waals surface area contributed by atoms with Gasteiger partial charge >= 0.3 is 0 Å². The van der Waals surface area contributed by atoms with Crippen LogP contribution in [0.4, 0.5) is 11.4 Å². The first-order valence-corrected chi connectivity index (χ1v) is 13.3. The molecule has 0 saturated carbocycles. The molecular formula is C30H37N3O6. The number of benzene rings is 2. The summed E-state index contributed by atoms with van der Waals surface area (Å²) in [6.07, 6.45) is 1.12. The van der Waals surface area contributed by atoms with Crippen molar-refractivity contribution in [3.05, 3.63) is 53.2 Å². The second-order valence-corrected chi connectivity index (χ2v) is 11.0. The summed E-state index contributed by atoms with van der Waals surface area (Å²) in [6.45, 7) is 6.44. The van der Waals surface area contributed by atoms with Crippen molar-refractivity contribution >= 4 is 23.1 Å². The summed E-state index contributed by atoms with van der Waals surface area (Å²) < 4.78 is 22.4. The standard InChI is InChI=1S/C30H37N3O6/c1-30(2)16-21-27(23(34)17-30)28(19-14-24(36-3)29(38-5)25(15-19)37-4)33(22-9-7-6-8-20(22)31-21)18-26(35)32-10-12-39-13-11-32/h6-9,14-15,28,31H,10-13,16-18H2,1-5H3. The van der Waals surface area contributed by atoms with E-state index >= 15 is 0 Å². The van der Waals surface area contributed by atoms with Gasteiger partial charge in [0.15, 0.2) is 17.3 Å². The molecule has 3 aliphatic rings. The van der Waals surface area contributed by atoms with Crippen molar-refractivity contribution in [2.45, 2.75) is 32.7 Å². The summed E-state index contributed by atoms with van der Waals surface area (Å²) in [5.41, 5.74) is 3.83. The number of para-hydroxylation sites is 2. The van der Waals surface area contributed by atoms with Crippen LogP contribution >= 0.6 is 0 Å². The number of hydrogen-bond donors (Lipinski definition) is 1. The van der Waals surface area contributed by atoms with Gasteiger partial charge in [-0.25, -0.2) is 0 Å². The number of allylic oxidation sites excluding steroid dienone is 1. The zero-order valence-corrected chi connectivity index (χ0v) is 23.3. The molecule has 0 bridgehead atoms. The number of ether oxygens (including phenoxy) is 4. The molecule has 1 saturated heterocycles. The summed E-state index contributed by atoms with van der Waals surface area (Å²) in [7, 11) is 4.71. The number of amides is 1. The Kier molecular flexibility index (Phi) is 7.44. The summed E-state index contributed by atoms with van der Waals surface area (Å²) in [6, 6.07) is 11.1.